The number of aromatic nitrogens is 3. The van der Waals surface area contributed by atoms with E-state index in [1.165, 1.54) is 20.2 Å². The largest absolute Gasteiger partial charge is 0.352 e. The highest BCUT2D eigenvalue weighted by Gasteiger charge is 2.11. The lowest BCUT2D eigenvalue weighted by Gasteiger charge is -2.07. The molecule has 0 bridgehead atoms. The van der Waals surface area contributed by atoms with E-state index in [0.29, 0.717) is 12.2 Å². The summed E-state index contributed by atoms with van der Waals surface area (Å²) in [6.07, 6.45) is 1.89. The predicted molar refractivity (Wildman–Crippen MR) is 92.9 cm³/mol. The number of rotatable bonds is 5. The fourth-order valence-electron chi connectivity index (χ4n) is 3.07. The van der Waals surface area contributed by atoms with Gasteiger partial charge in [0.1, 0.15) is 0 Å². The summed E-state index contributed by atoms with van der Waals surface area (Å²) in [6, 6.07) is 11.6. The quantitative estimate of drug-likeness (QED) is 0.722. The van der Waals surface area contributed by atoms with Gasteiger partial charge >= 0.3 is 5.69 Å². The van der Waals surface area contributed by atoms with Gasteiger partial charge in [0.05, 0.1) is 6.54 Å². The maximum absolute atomic E-state index is 12.2. The topological polar surface area (TPSA) is 80.4 Å². The van der Waals surface area contributed by atoms with Crippen LogP contribution in [0.1, 0.15) is 23.1 Å². The van der Waals surface area contributed by atoms with Crippen molar-refractivity contribution >= 4 is 11.6 Å². The Morgan fingerprint density at radius 1 is 1.20 bits per heavy atom. The third kappa shape index (κ3) is 3.18. The summed E-state index contributed by atoms with van der Waals surface area (Å²) >= 11 is 0. The van der Waals surface area contributed by atoms with Gasteiger partial charge in [-0.3, -0.25) is 9.20 Å². The van der Waals surface area contributed by atoms with Crippen LogP contribution in [0.4, 0.5) is 0 Å². The third-order valence-corrected chi connectivity index (χ3v) is 4.43. The van der Waals surface area contributed by atoms with Gasteiger partial charge in [0.15, 0.2) is 5.65 Å². The molecule has 25 heavy (non-hydrogen) atoms. The van der Waals surface area contributed by atoms with E-state index in [1.54, 1.807) is 18.3 Å². The van der Waals surface area contributed by atoms with E-state index in [-0.39, 0.29) is 24.6 Å². The minimum atomic E-state index is -0.227. The Morgan fingerprint density at radius 3 is 2.96 bits per heavy atom. The van der Waals surface area contributed by atoms with Crippen LogP contribution in [0.5, 0.6) is 0 Å². The standard InChI is InChI=1S/C18H19N5O2/c24-17(20-10-13-4-5-14-11-19-12-15(14)9-13)6-8-23-18(25)22-7-2-1-3-16(22)21-23/h1-5,7,9,19H,6,8,10-12H2,(H,20,24). The van der Waals surface area contributed by atoms with Crippen molar-refractivity contribution in [3.8, 4) is 0 Å². The number of carbonyl (C=O) groups is 1. The molecule has 0 spiro atoms. The Bertz CT molecular complexity index is 989. The summed E-state index contributed by atoms with van der Waals surface area (Å²) in [7, 11) is 0. The molecule has 7 heteroatoms. The van der Waals surface area contributed by atoms with E-state index < -0.39 is 0 Å². The number of amides is 1. The van der Waals surface area contributed by atoms with Crippen molar-refractivity contribution in [2.45, 2.75) is 32.6 Å². The number of carbonyl (C=O) groups excluding carboxylic acids is 1. The molecule has 1 aliphatic rings. The van der Waals surface area contributed by atoms with Crippen molar-refractivity contribution in [1.82, 2.24) is 24.8 Å². The molecule has 1 aromatic carbocycles. The van der Waals surface area contributed by atoms with Crippen LogP contribution in [-0.4, -0.2) is 20.1 Å². The molecule has 0 fully saturated rings. The average molecular weight is 337 g/mol. The fraction of sp³-hybridized carbons (Fsp3) is 0.278. The molecule has 4 rings (SSSR count). The van der Waals surface area contributed by atoms with E-state index in [9.17, 15) is 9.59 Å². The van der Waals surface area contributed by atoms with E-state index in [2.05, 4.69) is 27.9 Å². The van der Waals surface area contributed by atoms with Crippen molar-refractivity contribution in [3.05, 3.63) is 69.8 Å². The summed E-state index contributed by atoms with van der Waals surface area (Å²) < 4.78 is 2.80. The SMILES string of the molecule is O=C(CCn1nc2ccccn2c1=O)NCc1ccc2c(c1)CNC2. The van der Waals surface area contributed by atoms with Crippen molar-refractivity contribution < 1.29 is 4.79 Å². The zero-order valence-electron chi connectivity index (χ0n) is 13.7. The fourth-order valence-corrected chi connectivity index (χ4v) is 3.07. The van der Waals surface area contributed by atoms with Crippen LogP contribution in [0.3, 0.4) is 0 Å². The second kappa shape index (κ2) is 6.52. The molecular formula is C18H19N5O2. The molecule has 7 nitrogen and oxygen atoms in total. The highest BCUT2D eigenvalue weighted by atomic mass is 16.2. The number of nitrogens with zero attached hydrogens (tertiary/aromatic N) is 3. The lowest BCUT2D eigenvalue weighted by atomic mass is 10.1. The number of hydrogen-bond donors (Lipinski definition) is 2. The van der Waals surface area contributed by atoms with Gasteiger partial charge < -0.3 is 10.6 Å². The van der Waals surface area contributed by atoms with Crippen LogP contribution >= 0.6 is 0 Å². The van der Waals surface area contributed by atoms with Crippen LogP contribution in [0, 0.1) is 0 Å². The molecule has 1 aliphatic heterocycles. The first kappa shape index (κ1) is 15.6. The maximum Gasteiger partial charge on any atom is 0.350 e. The van der Waals surface area contributed by atoms with Crippen LogP contribution < -0.4 is 16.3 Å². The summed E-state index contributed by atoms with van der Waals surface area (Å²) in [5, 5.41) is 10.4. The zero-order valence-corrected chi connectivity index (χ0v) is 13.7. The third-order valence-electron chi connectivity index (χ3n) is 4.43. The first-order chi connectivity index (χ1) is 12.2. The van der Waals surface area contributed by atoms with Crippen molar-refractivity contribution in [2.24, 2.45) is 0 Å². The lowest BCUT2D eigenvalue weighted by molar-refractivity contribution is -0.121. The Hall–Kier alpha value is -2.93. The Balaban J connectivity index is 1.34. The van der Waals surface area contributed by atoms with Crippen LogP contribution in [0.15, 0.2) is 47.4 Å². The second-order valence-electron chi connectivity index (χ2n) is 6.17. The van der Waals surface area contributed by atoms with Gasteiger partial charge in [-0.05, 0) is 28.8 Å². The molecule has 3 heterocycles. The molecule has 0 radical (unpaired) electrons. The van der Waals surface area contributed by atoms with Crippen LogP contribution in [0.2, 0.25) is 0 Å². The van der Waals surface area contributed by atoms with Crippen LogP contribution in [0.25, 0.3) is 5.65 Å². The second-order valence-corrected chi connectivity index (χ2v) is 6.17. The van der Waals surface area contributed by atoms with Gasteiger partial charge in [-0.15, -0.1) is 5.10 Å². The summed E-state index contributed by atoms with van der Waals surface area (Å²) in [5.74, 6) is -0.0948. The molecule has 3 aromatic rings. The van der Waals surface area contributed by atoms with Crippen molar-refractivity contribution in [3.63, 3.8) is 0 Å². The monoisotopic (exact) mass is 337 g/mol. The molecule has 0 aliphatic carbocycles. The smallest absolute Gasteiger partial charge is 0.350 e. The molecule has 1 amide bonds. The van der Waals surface area contributed by atoms with E-state index in [1.807, 2.05) is 12.1 Å². The summed E-state index contributed by atoms with van der Waals surface area (Å²) in [4.78, 5) is 24.2. The number of aryl methyl sites for hydroxylation is 1. The molecule has 0 saturated heterocycles. The van der Waals surface area contributed by atoms with E-state index >= 15 is 0 Å². The minimum absolute atomic E-state index is 0.0948. The molecule has 128 valence electrons. The van der Waals surface area contributed by atoms with Crippen molar-refractivity contribution in [1.29, 1.82) is 0 Å². The number of hydrogen-bond acceptors (Lipinski definition) is 4. The van der Waals surface area contributed by atoms with Gasteiger partial charge in [-0.1, -0.05) is 24.3 Å². The predicted octanol–water partition coefficient (Wildman–Crippen LogP) is 0.806. The van der Waals surface area contributed by atoms with E-state index in [4.69, 9.17) is 0 Å². The molecule has 0 unspecified atom stereocenters. The molecule has 2 aromatic heterocycles. The number of pyridine rings is 1. The average Bonchev–Trinajstić information content (AvgIpc) is 3.22. The Morgan fingerprint density at radius 2 is 2.08 bits per heavy atom. The van der Waals surface area contributed by atoms with Gasteiger partial charge in [-0.25, -0.2) is 9.48 Å². The van der Waals surface area contributed by atoms with Gasteiger partial charge in [0, 0.05) is 32.3 Å². The highest BCUT2D eigenvalue weighted by molar-refractivity contribution is 5.75. The maximum atomic E-state index is 12.2. The molecule has 0 atom stereocenters. The summed E-state index contributed by atoms with van der Waals surface area (Å²) in [6.45, 7) is 2.55. The summed E-state index contributed by atoms with van der Waals surface area (Å²) in [5.41, 5.74) is 4.05. The number of nitrogens with one attached hydrogen (secondary N) is 2. The normalized spacial score (nSPS) is 13.1. The zero-order chi connectivity index (χ0) is 17.2. The van der Waals surface area contributed by atoms with Gasteiger partial charge in [-0.2, -0.15) is 0 Å². The number of benzene rings is 1. The highest BCUT2D eigenvalue weighted by Crippen LogP contribution is 2.16. The first-order valence-electron chi connectivity index (χ1n) is 8.33. The number of fused-ring (bicyclic) bond motifs is 2. The molecule has 2 N–H and O–H groups in total. The first-order valence-corrected chi connectivity index (χ1v) is 8.33. The molecular weight excluding hydrogens is 318 g/mol. The van der Waals surface area contributed by atoms with Gasteiger partial charge in [0.2, 0.25) is 5.91 Å². The van der Waals surface area contributed by atoms with Crippen LogP contribution in [-0.2, 0) is 31.0 Å². The minimum Gasteiger partial charge on any atom is -0.352 e. The van der Waals surface area contributed by atoms with Crippen molar-refractivity contribution in [2.75, 3.05) is 0 Å². The van der Waals surface area contributed by atoms with Gasteiger partial charge in [0.25, 0.3) is 0 Å². The van der Waals surface area contributed by atoms with E-state index in [0.717, 1.165) is 18.7 Å². The molecule has 0 saturated carbocycles. The Kier molecular flexibility index (Phi) is 4.07. The lowest BCUT2D eigenvalue weighted by Crippen LogP contribution is -2.27. The Labute approximate surface area is 144 Å².